The molecule has 0 spiro atoms. The number of ether oxygens (including phenoxy) is 1. The van der Waals surface area contributed by atoms with E-state index < -0.39 is 0 Å². The molecule has 0 aliphatic heterocycles. The van der Waals surface area contributed by atoms with Gasteiger partial charge in [-0.25, -0.2) is 9.97 Å². The van der Waals surface area contributed by atoms with Gasteiger partial charge in [-0.2, -0.15) is 0 Å². The number of halogens is 2. The molecule has 1 aromatic heterocycles. The Labute approximate surface area is 119 Å². The van der Waals surface area contributed by atoms with Gasteiger partial charge in [-0.05, 0) is 18.2 Å². The van der Waals surface area contributed by atoms with Gasteiger partial charge >= 0.3 is 0 Å². The van der Waals surface area contributed by atoms with E-state index in [4.69, 9.17) is 27.9 Å². The first-order valence-electron chi connectivity index (χ1n) is 5.22. The quantitative estimate of drug-likeness (QED) is 0.946. The molecular formula is C12H9Cl2N3O2. The highest BCUT2D eigenvalue weighted by Crippen LogP contribution is 2.25. The summed E-state index contributed by atoms with van der Waals surface area (Å²) in [5, 5.41) is 3.43. The lowest BCUT2D eigenvalue weighted by Gasteiger charge is -2.06. The zero-order valence-corrected chi connectivity index (χ0v) is 11.4. The maximum absolute atomic E-state index is 11.9. The van der Waals surface area contributed by atoms with E-state index in [1.54, 1.807) is 18.2 Å². The van der Waals surface area contributed by atoms with Crippen LogP contribution in [0, 0.1) is 0 Å². The number of benzene rings is 1. The van der Waals surface area contributed by atoms with Gasteiger partial charge in [-0.1, -0.05) is 23.2 Å². The molecule has 2 aromatic rings. The monoisotopic (exact) mass is 297 g/mol. The van der Waals surface area contributed by atoms with E-state index in [0.717, 1.165) is 0 Å². The molecule has 0 bridgehead atoms. The minimum Gasteiger partial charge on any atom is -0.481 e. The van der Waals surface area contributed by atoms with E-state index in [1.165, 1.54) is 19.5 Å². The largest absolute Gasteiger partial charge is 0.481 e. The third-order valence-corrected chi connectivity index (χ3v) is 3.00. The van der Waals surface area contributed by atoms with Gasteiger partial charge in [0.15, 0.2) is 0 Å². The Morgan fingerprint density at radius 1 is 1.21 bits per heavy atom. The summed E-state index contributed by atoms with van der Waals surface area (Å²) in [5.41, 5.74) is 0.718. The highest BCUT2D eigenvalue weighted by atomic mass is 35.5. The summed E-state index contributed by atoms with van der Waals surface area (Å²) in [6, 6.07) is 6.23. The minimum absolute atomic E-state index is 0.193. The fraction of sp³-hybridized carbons (Fsp3) is 0.0833. The lowest BCUT2D eigenvalue weighted by molar-refractivity contribution is 0.102. The maximum Gasteiger partial charge on any atom is 0.274 e. The highest BCUT2D eigenvalue weighted by Gasteiger charge is 2.10. The lowest BCUT2D eigenvalue weighted by atomic mass is 10.3. The van der Waals surface area contributed by atoms with Gasteiger partial charge < -0.3 is 10.1 Å². The number of amides is 1. The van der Waals surface area contributed by atoms with Crippen molar-refractivity contribution < 1.29 is 9.53 Å². The van der Waals surface area contributed by atoms with Crippen LogP contribution in [-0.4, -0.2) is 23.0 Å². The fourth-order valence-electron chi connectivity index (χ4n) is 1.34. The number of carbonyl (C=O) groups is 1. The van der Waals surface area contributed by atoms with Crippen molar-refractivity contribution in [3.8, 4) is 5.88 Å². The van der Waals surface area contributed by atoms with E-state index >= 15 is 0 Å². The van der Waals surface area contributed by atoms with Crippen molar-refractivity contribution in [3.05, 3.63) is 46.3 Å². The Kier molecular flexibility index (Phi) is 4.19. The SMILES string of the molecule is COc1cc(C(=O)Nc2ccc(Cl)c(Cl)c2)ncn1. The van der Waals surface area contributed by atoms with Crippen molar-refractivity contribution in [2.45, 2.75) is 0 Å². The van der Waals surface area contributed by atoms with E-state index in [-0.39, 0.29) is 11.6 Å². The number of aromatic nitrogens is 2. The molecule has 0 saturated carbocycles. The van der Waals surface area contributed by atoms with Crippen LogP contribution >= 0.6 is 23.2 Å². The minimum atomic E-state index is -0.390. The number of methoxy groups -OCH3 is 1. The normalized spacial score (nSPS) is 10.1. The first kappa shape index (κ1) is 13.6. The zero-order valence-electron chi connectivity index (χ0n) is 9.85. The molecule has 0 aliphatic rings. The molecule has 0 aliphatic carbocycles. The third-order valence-electron chi connectivity index (χ3n) is 2.26. The second kappa shape index (κ2) is 5.86. The van der Waals surface area contributed by atoms with Crippen molar-refractivity contribution in [3.63, 3.8) is 0 Å². The van der Waals surface area contributed by atoms with E-state index in [0.29, 0.717) is 21.6 Å². The first-order chi connectivity index (χ1) is 9.10. The molecule has 1 amide bonds. The molecule has 0 fully saturated rings. The van der Waals surface area contributed by atoms with Gasteiger partial charge in [0.2, 0.25) is 5.88 Å². The number of carbonyl (C=O) groups excluding carboxylic acids is 1. The van der Waals surface area contributed by atoms with Crippen LogP contribution in [0.5, 0.6) is 5.88 Å². The van der Waals surface area contributed by atoms with Crippen molar-refractivity contribution in [1.29, 1.82) is 0 Å². The number of rotatable bonds is 3. The fourth-order valence-corrected chi connectivity index (χ4v) is 1.64. The van der Waals surface area contributed by atoms with Crippen molar-refractivity contribution in [2.24, 2.45) is 0 Å². The number of hydrogen-bond acceptors (Lipinski definition) is 4. The summed E-state index contributed by atoms with van der Waals surface area (Å²) in [6.07, 6.45) is 1.25. The van der Waals surface area contributed by atoms with Crippen LogP contribution in [0.4, 0.5) is 5.69 Å². The number of anilines is 1. The van der Waals surface area contributed by atoms with Crippen LogP contribution in [0.1, 0.15) is 10.5 Å². The average molecular weight is 298 g/mol. The lowest BCUT2D eigenvalue weighted by Crippen LogP contribution is -2.14. The zero-order chi connectivity index (χ0) is 13.8. The molecular weight excluding hydrogens is 289 g/mol. The molecule has 0 radical (unpaired) electrons. The molecule has 0 atom stereocenters. The summed E-state index contributed by atoms with van der Waals surface area (Å²) in [6.45, 7) is 0. The summed E-state index contributed by atoms with van der Waals surface area (Å²) >= 11 is 11.7. The number of hydrogen-bond donors (Lipinski definition) is 1. The molecule has 0 unspecified atom stereocenters. The van der Waals surface area contributed by atoms with Crippen LogP contribution in [0.2, 0.25) is 10.0 Å². The molecule has 1 heterocycles. The molecule has 19 heavy (non-hydrogen) atoms. The van der Waals surface area contributed by atoms with Crippen LogP contribution in [0.25, 0.3) is 0 Å². The van der Waals surface area contributed by atoms with Crippen LogP contribution in [0.15, 0.2) is 30.6 Å². The Bertz CT molecular complexity index is 620. The standard InChI is InChI=1S/C12H9Cl2N3O2/c1-19-11-5-10(15-6-16-11)12(18)17-7-2-3-8(13)9(14)4-7/h2-6H,1H3,(H,17,18). The van der Waals surface area contributed by atoms with Gasteiger partial charge in [0.25, 0.3) is 5.91 Å². The maximum atomic E-state index is 11.9. The van der Waals surface area contributed by atoms with Crippen LogP contribution < -0.4 is 10.1 Å². The van der Waals surface area contributed by atoms with Crippen molar-refractivity contribution in [2.75, 3.05) is 12.4 Å². The molecule has 1 N–H and O–H groups in total. The van der Waals surface area contributed by atoms with Crippen LogP contribution in [-0.2, 0) is 0 Å². The van der Waals surface area contributed by atoms with Gasteiger partial charge in [0.05, 0.1) is 17.2 Å². The topological polar surface area (TPSA) is 64.1 Å². The molecule has 98 valence electrons. The molecule has 5 nitrogen and oxygen atoms in total. The summed E-state index contributed by atoms with van der Waals surface area (Å²) in [7, 11) is 1.46. The third kappa shape index (κ3) is 3.33. The van der Waals surface area contributed by atoms with Crippen LogP contribution in [0.3, 0.4) is 0 Å². The Hall–Kier alpha value is -1.85. The predicted molar refractivity (Wildman–Crippen MR) is 73.0 cm³/mol. The Morgan fingerprint density at radius 3 is 2.68 bits per heavy atom. The molecule has 7 heteroatoms. The van der Waals surface area contributed by atoms with Crippen molar-refractivity contribution >= 4 is 34.8 Å². The number of nitrogens with one attached hydrogen (secondary N) is 1. The predicted octanol–water partition coefficient (Wildman–Crippen LogP) is 3.04. The summed E-state index contributed by atoms with van der Waals surface area (Å²) < 4.78 is 4.92. The summed E-state index contributed by atoms with van der Waals surface area (Å²) in [4.78, 5) is 19.6. The van der Waals surface area contributed by atoms with E-state index in [9.17, 15) is 4.79 Å². The smallest absolute Gasteiger partial charge is 0.274 e. The van der Waals surface area contributed by atoms with Gasteiger partial charge in [-0.15, -0.1) is 0 Å². The van der Waals surface area contributed by atoms with E-state index in [2.05, 4.69) is 15.3 Å². The van der Waals surface area contributed by atoms with E-state index in [1.807, 2.05) is 0 Å². The molecule has 0 saturated heterocycles. The second-order valence-corrected chi connectivity index (χ2v) is 4.34. The highest BCUT2D eigenvalue weighted by molar-refractivity contribution is 6.42. The number of nitrogens with zero attached hydrogens (tertiary/aromatic N) is 2. The molecule has 1 aromatic carbocycles. The summed E-state index contributed by atoms with van der Waals surface area (Å²) in [5.74, 6) is -0.0756. The van der Waals surface area contributed by atoms with Gasteiger partial charge in [-0.3, -0.25) is 4.79 Å². The second-order valence-electron chi connectivity index (χ2n) is 3.53. The van der Waals surface area contributed by atoms with Gasteiger partial charge in [0.1, 0.15) is 12.0 Å². The molecule has 2 rings (SSSR count). The Balaban J connectivity index is 2.18. The Morgan fingerprint density at radius 2 is 2.00 bits per heavy atom. The first-order valence-corrected chi connectivity index (χ1v) is 5.98. The van der Waals surface area contributed by atoms with Gasteiger partial charge in [0, 0.05) is 11.8 Å². The average Bonchev–Trinajstić information content (AvgIpc) is 2.43. The van der Waals surface area contributed by atoms with Crippen molar-refractivity contribution in [1.82, 2.24) is 9.97 Å².